The van der Waals surface area contributed by atoms with Crippen LogP contribution in [0.4, 0.5) is 4.39 Å². The third-order valence-electron chi connectivity index (χ3n) is 4.31. The minimum atomic E-state index is -0.273. The molecule has 0 saturated heterocycles. The maximum absolute atomic E-state index is 13.6. The van der Waals surface area contributed by atoms with Crippen molar-refractivity contribution in [3.8, 4) is 0 Å². The summed E-state index contributed by atoms with van der Waals surface area (Å²) in [6, 6.07) is 12.7. The molecule has 1 N–H and O–H groups in total. The lowest BCUT2D eigenvalue weighted by atomic mass is 10.1. The quantitative estimate of drug-likeness (QED) is 0.414. The van der Waals surface area contributed by atoms with Crippen molar-refractivity contribution in [2.45, 2.75) is 25.5 Å². The minimum Gasteiger partial charge on any atom is -0.351 e. The van der Waals surface area contributed by atoms with Gasteiger partial charge >= 0.3 is 0 Å². The highest BCUT2D eigenvalue weighted by atomic mass is 32.2. The van der Waals surface area contributed by atoms with Crippen LogP contribution in [0.3, 0.4) is 0 Å². The molecule has 2 aromatic carbocycles. The summed E-state index contributed by atoms with van der Waals surface area (Å²) in [6.45, 7) is 3.81. The van der Waals surface area contributed by atoms with Crippen LogP contribution in [0.5, 0.6) is 0 Å². The Balaban J connectivity index is 1.48. The molecule has 0 unspecified atom stereocenters. The van der Waals surface area contributed by atoms with Crippen molar-refractivity contribution in [3.63, 3.8) is 0 Å². The molecule has 0 spiro atoms. The summed E-state index contributed by atoms with van der Waals surface area (Å²) in [5, 5.41) is 8.73. The Kier molecular flexibility index (Phi) is 4.95. The molecule has 1 amide bonds. The lowest BCUT2D eigenvalue weighted by molar-refractivity contribution is -0.118. The maximum Gasteiger partial charge on any atom is 0.230 e. The van der Waals surface area contributed by atoms with Crippen LogP contribution in [0.1, 0.15) is 17.0 Å². The van der Waals surface area contributed by atoms with Gasteiger partial charge < -0.3 is 5.32 Å². The molecule has 2 heterocycles. The summed E-state index contributed by atoms with van der Waals surface area (Å²) >= 11 is 1.29. The number of fused-ring (bicyclic) bond motifs is 3. The number of thioether (sulfide) groups is 1. The number of nitrogens with one attached hydrogen (secondary N) is 1. The molecule has 4 rings (SSSR count). The molecule has 0 bridgehead atoms. The van der Waals surface area contributed by atoms with E-state index in [0.717, 1.165) is 22.1 Å². The normalized spacial score (nSPS) is 11.2. The van der Waals surface area contributed by atoms with Gasteiger partial charge in [-0.25, -0.2) is 14.4 Å². The summed E-state index contributed by atoms with van der Waals surface area (Å²) in [5.74, 6) is 0.385. The molecule has 0 fully saturated rings. The molecule has 0 saturated carbocycles. The number of nitrogens with zero attached hydrogens (tertiary/aromatic N) is 4. The topological polar surface area (TPSA) is 72.2 Å². The monoisotopic (exact) mass is 395 g/mol. The third-order valence-corrected chi connectivity index (χ3v) is 5.24. The summed E-state index contributed by atoms with van der Waals surface area (Å²) in [7, 11) is 0. The molecule has 0 atom stereocenters. The van der Waals surface area contributed by atoms with E-state index in [1.807, 2.05) is 31.2 Å². The number of hydrogen-bond acceptors (Lipinski definition) is 5. The summed E-state index contributed by atoms with van der Waals surface area (Å²) in [6.07, 6.45) is 0. The Bertz CT molecular complexity index is 1190. The number of hydrogen-bond donors (Lipinski definition) is 1. The minimum absolute atomic E-state index is 0.161. The van der Waals surface area contributed by atoms with Gasteiger partial charge in [0.1, 0.15) is 11.6 Å². The van der Waals surface area contributed by atoms with E-state index >= 15 is 0 Å². The number of aryl methyl sites for hydroxylation is 2. The molecule has 0 radical (unpaired) electrons. The van der Waals surface area contributed by atoms with Gasteiger partial charge in [0, 0.05) is 11.9 Å². The van der Waals surface area contributed by atoms with Crippen molar-refractivity contribution in [2.24, 2.45) is 0 Å². The van der Waals surface area contributed by atoms with Crippen LogP contribution in [-0.4, -0.2) is 31.2 Å². The number of rotatable bonds is 5. The van der Waals surface area contributed by atoms with Gasteiger partial charge in [0.2, 0.25) is 5.91 Å². The predicted molar refractivity (Wildman–Crippen MR) is 107 cm³/mol. The standard InChI is InChI=1S/C20H18FN5OS/c1-12-7-8-14(9-16(12)21)10-22-18(27)11-28-20-24-17-6-4-3-5-15(17)19-23-13(2)25-26(19)20/h3-9H,10-11H2,1-2H3,(H,22,27). The Morgan fingerprint density at radius 2 is 2.00 bits per heavy atom. The Hall–Kier alpha value is -3.00. The first-order valence-corrected chi connectivity index (χ1v) is 9.76. The molecule has 0 aliphatic heterocycles. The molecule has 28 heavy (non-hydrogen) atoms. The van der Waals surface area contributed by atoms with Gasteiger partial charge in [-0.2, -0.15) is 4.52 Å². The lowest BCUT2D eigenvalue weighted by Gasteiger charge is -2.08. The number of para-hydroxylation sites is 1. The fourth-order valence-corrected chi connectivity index (χ4v) is 3.63. The second-order valence-electron chi connectivity index (χ2n) is 6.45. The fraction of sp³-hybridized carbons (Fsp3) is 0.200. The van der Waals surface area contributed by atoms with Crippen molar-refractivity contribution >= 4 is 34.2 Å². The highest BCUT2D eigenvalue weighted by Gasteiger charge is 2.13. The van der Waals surface area contributed by atoms with E-state index in [2.05, 4.69) is 20.4 Å². The molecular formula is C20H18FN5OS. The van der Waals surface area contributed by atoms with E-state index in [-0.39, 0.29) is 24.0 Å². The van der Waals surface area contributed by atoms with E-state index in [1.165, 1.54) is 17.8 Å². The van der Waals surface area contributed by atoms with Gasteiger partial charge in [-0.05, 0) is 43.2 Å². The van der Waals surface area contributed by atoms with Crippen LogP contribution in [0, 0.1) is 19.7 Å². The number of carbonyl (C=O) groups is 1. The van der Waals surface area contributed by atoms with Crippen LogP contribution in [0.15, 0.2) is 47.6 Å². The number of halogens is 1. The summed E-state index contributed by atoms with van der Waals surface area (Å²) < 4.78 is 15.3. The van der Waals surface area contributed by atoms with E-state index in [0.29, 0.717) is 16.5 Å². The van der Waals surface area contributed by atoms with Gasteiger partial charge in [-0.1, -0.05) is 36.0 Å². The molecule has 142 valence electrons. The Morgan fingerprint density at radius 1 is 1.18 bits per heavy atom. The van der Waals surface area contributed by atoms with Crippen LogP contribution in [0.25, 0.3) is 16.6 Å². The van der Waals surface area contributed by atoms with Crippen LogP contribution < -0.4 is 5.32 Å². The van der Waals surface area contributed by atoms with Gasteiger partial charge in [0.15, 0.2) is 10.8 Å². The van der Waals surface area contributed by atoms with Crippen LogP contribution in [0.2, 0.25) is 0 Å². The third kappa shape index (κ3) is 3.68. The Morgan fingerprint density at radius 3 is 2.82 bits per heavy atom. The number of benzene rings is 2. The summed E-state index contributed by atoms with van der Waals surface area (Å²) in [5.41, 5.74) is 2.83. The highest BCUT2D eigenvalue weighted by Crippen LogP contribution is 2.23. The van der Waals surface area contributed by atoms with E-state index in [9.17, 15) is 9.18 Å². The molecule has 4 aromatic rings. The van der Waals surface area contributed by atoms with Gasteiger partial charge in [0.05, 0.1) is 11.3 Å². The van der Waals surface area contributed by atoms with Crippen molar-refractivity contribution in [3.05, 3.63) is 65.2 Å². The van der Waals surface area contributed by atoms with E-state index < -0.39 is 0 Å². The lowest BCUT2D eigenvalue weighted by Crippen LogP contribution is -2.24. The average Bonchev–Trinajstić information content (AvgIpc) is 3.09. The number of carbonyl (C=O) groups excluding carboxylic acids is 1. The maximum atomic E-state index is 13.6. The first kappa shape index (κ1) is 18.4. The zero-order valence-corrected chi connectivity index (χ0v) is 16.3. The second-order valence-corrected chi connectivity index (χ2v) is 7.40. The second kappa shape index (κ2) is 7.55. The molecule has 0 aliphatic rings. The molecule has 2 aromatic heterocycles. The van der Waals surface area contributed by atoms with Crippen molar-refractivity contribution in [2.75, 3.05) is 5.75 Å². The first-order valence-electron chi connectivity index (χ1n) is 8.78. The molecule has 0 aliphatic carbocycles. The first-order chi connectivity index (χ1) is 13.5. The average molecular weight is 395 g/mol. The van der Waals surface area contributed by atoms with Crippen LogP contribution >= 0.6 is 11.8 Å². The SMILES string of the molecule is Cc1nc2c3ccccc3nc(SCC(=O)NCc3ccc(C)c(F)c3)n2n1. The highest BCUT2D eigenvalue weighted by molar-refractivity contribution is 7.99. The molecular weight excluding hydrogens is 377 g/mol. The van der Waals surface area contributed by atoms with Crippen LogP contribution in [-0.2, 0) is 11.3 Å². The van der Waals surface area contributed by atoms with Crippen molar-refractivity contribution in [1.29, 1.82) is 0 Å². The summed E-state index contributed by atoms with van der Waals surface area (Å²) in [4.78, 5) is 21.4. The van der Waals surface area contributed by atoms with Gasteiger partial charge in [-0.15, -0.1) is 5.10 Å². The smallest absolute Gasteiger partial charge is 0.230 e. The van der Waals surface area contributed by atoms with Gasteiger partial charge in [-0.3, -0.25) is 4.79 Å². The zero-order chi connectivity index (χ0) is 19.7. The van der Waals surface area contributed by atoms with Gasteiger partial charge in [0.25, 0.3) is 0 Å². The number of amides is 1. The largest absolute Gasteiger partial charge is 0.351 e. The van der Waals surface area contributed by atoms with E-state index in [1.54, 1.807) is 23.6 Å². The predicted octanol–water partition coefficient (Wildman–Crippen LogP) is 3.44. The van der Waals surface area contributed by atoms with Crippen molar-refractivity contribution in [1.82, 2.24) is 24.9 Å². The van der Waals surface area contributed by atoms with E-state index in [4.69, 9.17) is 0 Å². The molecule has 6 nitrogen and oxygen atoms in total. The fourth-order valence-electron chi connectivity index (χ4n) is 2.85. The van der Waals surface area contributed by atoms with Crippen molar-refractivity contribution < 1.29 is 9.18 Å². The number of aromatic nitrogens is 4. The Labute approximate surface area is 165 Å². The zero-order valence-electron chi connectivity index (χ0n) is 15.4. The molecule has 8 heteroatoms.